The van der Waals surface area contributed by atoms with E-state index in [1.807, 2.05) is 0 Å². The molecule has 19 heavy (non-hydrogen) atoms. The Kier molecular flexibility index (Phi) is 3.74. The molecule has 0 aromatic carbocycles. The second kappa shape index (κ2) is 5.47. The molecule has 0 aliphatic rings. The quantitative estimate of drug-likeness (QED) is 0.835. The molecule has 0 aliphatic carbocycles. The maximum atomic E-state index is 11.2. The topological polar surface area (TPSA) is 109 Å². The van der Waals surface area contributed by atoms with Gasteiger partial charge in [-0.3, -0.25) is 9.59 Å². The van der Waals surface area contributed by atoms with Gasteiger partial charge in [-0.15, -0.1) is 10.2 Å². The highest BCUT2D eigenvalue weighted by Crippen LogP contribution is 2.17. The van der Waals surface area contributed by atoms with Crippen molar-refractivity contribution in [2.24, 2.45) is 5.92 Å². The minimum Gasteiger partial charge on any atom is -0.481 e. The molecule has 1 unspecified atom stereocenters. The summed E-state index contributed by atoms with van der Waals surface area (Å²) in [5.41, 5.74) is 0.282. The van der Waals surface area contributed by atoms with Crippen molar-refractivity contribution in [2.45, 2.75) is 19.8 Å². The molecule has 0 amide bonds. The Morgan fingerprint density at radius 2 is 2.32 bits per heavy atom. The van der Waals surface area contributed by atoms with E-state index >= 15 is 0 Å². The Morgan fingerprint density at radius 3 is 3.00 bits per heavy atom. The number of nitrogens with one attached hydrogen (secondary N) is 1. The lowest BCUT2D eigenvalue weighted by Gasteiger charge is -2.03. The van der Waals surface area contributed by atoms with Gasteiger partial charge in [0.25, 0.3) is 0 Å². The fourth-order valence-corrected chi connectivity index (χ4v) is 1.70. The third-order valence-electron chi connectivity index (χ3n) is 2.54. The molecule has 2 aromatic rings. The van der Waals surface area contributed by atoms with Crippen LogP contribution >= 0.6 is 0 Å². The average Bonchev–Trinajstić information content (AvgIpc) is 2.76. The number of hydrogen-bond donors (Lipinski definition) is 2. The van der Waals surface area contributed by atoms with E-state index in [0.717, 1.165) is 0 Å². The lowest BCUT2D eigenvalue weighted by Crippen LogP contribution is -2.07. The zero-order chi connectivity index (χ0) is 13.8. The van der Waals surface area contributed by atoms with Gasteiger partial charge >= 0.3 is 5.97 Å². The van der Waals surface area contributed by atoms with E-state index in [-0.39, 0.29) is 23.8 Å². The molecule has 0 bridgehead atoms. The first-order valence-electron chi connectivity index (χ1n) is 5.78. The number of H-pyrrole nitrogens is 1. The zero-order valence-corrected chi connectivity index (χ0v) is 10.3. The lowest BCUT2D eigenvalue weighted by molar-refractivity contribution is -0.137. The molecular formula is C12H13N3O4. The van der Waals surface area contributed by atoms with Gasteiger partial charge in [0.15, 0.2) is 0 Å². The van der Waals surface area contributed by atoms with Gasteiger partial charge in [-0.2, -0.15) is 0 Å². The Hall–Kier alpha value is -2.44. The fraction of sp³-hybridized carbons (Fsp3) is 0.333. The summed E-state index contributed by atoms with van der Waals surface area (Å²) in [5.74, 6) is -0.334. The van der Waals surface area contributed by atoms with Crippen LogP contribution in [0.25, 0.3) is 11.5 Å². The normalized spacial score (nSPS) is 12.3. The molecule has 2 aromatic heterocycles. The van der Waals surface area contributed by atoms with E-state index < -0.39 is 5.97 Å². The Balaban J connectivity index is 2.11. The van der Waals surface area contributed by atoms with Crippen LogP contribution in [0.4, 0.5) is 0 Å². The van der Waals surface area contributed by atoms with Crippen molar-refractivity contribution < 1.29 is 14.3 Å². The van der Waals surface area contributed by atoms with Crippen molar-refractivity contribution >= 4 is 5.97 Å². The van der Waals surface area contributed by atoms with Crippen molar-refractivity contribution in [1.29, 1.82) is 0 Å². The van der Waals surface area contributed by atoms with Crippen LogP contribution in [0.2, 0.25) is 0 Å². The van der Waals surface area contributed by atoms with E-state index in [1.165, 1.54) is 12.3 Å². The number of carboxylic acids is 1. The number of carboxylic acid groups (broad SMARTS) is 1. The lowest BCUT2D eigenvalue weighted by atomic mass is 10.0. The standard InChI is InChI=1S/C12H13N3O4/c1-7(5-11(17)18)4-10-14-15-12(19-10)8-2-3-13-9(16)6-8/h2-3,6-7H,4-5H2,1H3,(H,13,16)(H,17,18). The van der Waals surface area contributed by atoms with E-state index in [0.29, 0.717) is 17.9 Å². The maximum absolute atomic E-state index is 11.2. The number of hydrogen-bond acceptors (Lipinski definition) is 5. The van der Waals surface area contributed by atoms with E-state index in [4.69, 9.17) is 9.52 Å². The zero-order valence-electron chi connectivity index (χ0n) is 10.3. The molecule has 7 nitrogen and oxygen atoms in total. The van der Waals surface area contributed by atoms with E-state index in [9.17, 15) is 9.59 Å². The van der Waals surface area contributed by atoms with Gasteiger partial charge in [0.1, 0.15) is 0 Å². The first kappa shape index (κ1) is 13.0. The van der Waals surface area contributed by atoms with Crippen molar-refractivity contribution in [2.75, 3.05) is 0 Å². The maximum Gasteiger partial charge on any atom is 0.303 e. The highest BCUT2D eigenvalue weighted by atomic mass is 16.4. The summed E-state index contributed by atoms with van der Waals surface area (Å²) in [4.78, 5) is 24.2. The van der Waals surface area contributed by atoms with Crippen LogP contribution in [0.15, 0.2) is 27.5 Å². The summed E-state index contributed by atoms with van der Waals surface area (Å²) in [6.45, 7) is 1.80. The molecule has 1 atom stereocenters. The van der Waals surface area contributed by atoms with Gasteiger partial charge in [0, 0.05) is 30.7 Å². The first-order chi connectivity index (χ1) is 9.04. The van der Waals surface area contributed by atoms with Crippen LogP contribution in [-0.2, 0) is 11.2 Å². The van der Waals surface area contributed by atoms with E-state index in [2.05, 4.69) is 15.2 Å². The van der Waals surface area contributed by atoms with Crippen LogP contribution in [0.1, 0.15) is 19.2 Å². The number of aliphatic carboxylic acids is 1. The van der Waals surface area contributed by atoms with Crippen LogP contribution in [0, 0.1) is 5.92 Å². The van der Waals surface area contributed by atoms with Gasteiger partial charge in [0.05, 0.1) is 0 Å². The largest absolute Gasteiger partial charge is 0.481 e. The highest BCUT2D eigenvalue weighted by molar-refractivity contribution is 5.66. The molecule has 0 radical (unpaired) electrons. The SMILES string of the molecule is CC(CC(=O)O)Cc1nnc(-c2cc[nH]c(=O)c2)o1. The highest BCUT2D eigenvalue weighted by Gasteiger charge is 2.14. The van der Waals surface area contributed by atoms with Gasteiger partial charge in [-0.1, -0.05) is 6.92 Å². The number of carbonyl (C=O) groups is 1. The second-order valence-corrected chi connectivity index (χ2v) is 4.35. The number of nitrogens with zero attached hydrogens (tertiary/aromatic N) is 2. The molecule has 2 heterocycles. The predicted octanol–water partition coefficient (Wildman–Crippen LogP) is 1.08. The number of pyridine rings is 1. The Bertz CT molecular complexity index is 632. The van der Waals surface area contributed by atoms with Crippen molar-refractivity contribution in [3.8, 4) is 11.5 Å². The Morgan fingerprint density at radius 1 is 1.53 bits per heavy atom. The third-order valence-corrected chi connectivity index (χ3v) is 2.54. The van der Waals surface area contributed by atoms with Gasteiger partial charge in [-0.05, 0) is 12.0 Å². The molecule has 7 heteroatoms. The number of aromatic nitrogens is 3. The first-order valence-corrected chi connectivity index (χ1v) is 5.78. The van der Waals surface area contributed by atoms with E-state index in [1.54, 1.807) is 13.0 Å². The summed E-state index contributed by atoms with van der Waals surface area (Å²) < 4.78 is 5.41. The summed E-state index contributed by atoms with van der Waals surface area (Å²) in [7, 11) is 0. The second-order valence-electron chi connectivity index (χ2n) is 4.35. The smallest absolute Gasteiger partial charge is 0.303 e. The molecule has 100 valence electrons. The molecule has 0 aliphatic heterocycles. The molecule has 2 rings (SSSR count). The van der Waals surface area contributed by atoms with Crippen molar-refractivity contribution in [3.63, 3.8) is 0 Å². The minimum absolute atomic E-state index is 0.0444. The molecule has 0 spiro atoms. The predicted molar refractivity (Wildman–Crippen MR) is 65.5 cm³/mol. The van der Waals surface area contributed by atoms with Crippen LogP contribution in [-0.4, -0.2) is 26.3 Å². The average molecular weight is 263 g/mol. The molecule has 2 N–H and O–H groups in total. The summed E-state index contributed by atoms with van der Waals surface area (Å²) in [5, 5.41) is 16.4. The summed E-state index contributed by atoms with van der Waals surface area (Å²) in [6, 6.07) is 3.01. The number of aromatic amines is 1. The fourth-order valence-electron chi connectivity index (χ4n) is 1.70. The summed E-state index contributed by atoms with van der Waals surface area (Å²) in [6.07, 6.45) is 1.93. The van der Waals surface area contributed by atoms with Crippen LogP contribution in [0.3, 0.4) is 0 Å². The van der Waals surface area contributed by atoms with Crippen LogP contribution in [0.5, 0.6) is 0 Å². The molecule has 0 fully saturated rings. The molecule has 0 saturated carbocycles. The summed E-state index contributed by atoms with van der Waals surface area (Å²) >= 11 is 0. The Labute approximate surface area is 108 Å². The van der Waals surface area contributed by atoms with Crippen molar-refractivity contribution in [3.05, 3.63) is 34.6 Å². The number of rotatable bonds is 5. The minimum atomic E-state index is -0.859. The molecule has 0 saturated heterocycles. The van der Waals surface area contributed by atoms with Gasteiger partial charge in [0.2, 0.25) is 17.3 Å². The van der Waals surface area contributed by atoms with Gasteiger partial charge in [-0.25, -0.2) is 0 Å². The molecular weight excluding hydrogens is 250 g/mol. The third kappa shape index (κ3) is 3.51. The van der Waals surface area contributed by atoms with Crippen molar-refractivity contribution in [1.82, 2.24) is 15.2 Å². The van der Waals surface area contributed by atoms with Crippen LogP contribution < -0.4 is 5.56 Å². The van der Waals surface area contributed by atoms with Gasteiger partial charge < -0.3 is 14.5 Å². The monoisotopic (exact) mass is 263 g/mol.